The third-order valence-corrected chi connectivity index (χ3v) is 2.16. The van der Waals surface area contributed by atoms with Crippen LogP contribution in [0.1, 0.15) is 12.8 Å². The minimum Gasteiger partial charge on any atom is -0.431 e. The highest BCUT2D eigenvalue weighted by molar-refractivity contribution is 5.44. The van der Waals surface area contributed by atoms with Gasteiger partial charge in [-0.1, -0.05) is 0 Å². The molecule has 0 bridgehead atoms. The average molecular weight is 165 g/mol. The minimum absolute atomic E-state index is 0.264. The summed E-state index contributed by atoms with van der Waals surface area (Å²) in [4.78, 5) is 13.1. The molecule has 1 aromatic rings. The number of hydrogen-bond acceptors (Lipinski definition) is 3. The zero-order chi connectivity index (χ0) is 8.39. The van der Waals surface area contributed by atoms with Crippen molar-refractivity contribution in [2.75, 3.05) is 18.0 Å². The fraction of sp³-hybridized carbons (Fsp3) is 0.444. The fourth-order valence-electron chi connectivity index (χ4n) is 1.55. The molecule has 1 aliphatic rings. The predicted octanol–water partition coefficient (Wildman–Crippen LogP) is 1.24. The van der Waals surface area contributed by atoms with Crippen molar-refractivity contribution in [3.05, 3.63) is 28.8 Å². The molecule has 1 aromatic heterocycles. The van der Waals surface area contributed by atoms with Gasteiger partial charge in [-0.25, -0.2) is 4.79 Å². The molecule has 0 atom stereocenters. The van der Waals surface area contributed by atoms with Crippen molar-refractivity contribution in [1.29, 1.82) is 0 Å². The Bertz CT molecular complexity index is 312. The van der Waals surface area contributed by atoms with Gasteiger partial charge in [0.05, 0.1) is 6.26 Å². The Morgan fingerprint density at radius 1 is 1.33 bits per heavy atom. The number of rotatable bonds is 1. The van der Waals surface area contributed by atoms with Gasteiger partial charge in [0.25, 0.3) is 0 Å². The van der Waals surface area contributed by atoms with Crippen molar-refractivity contribution in [2.45, 2.75) is 12.8 Å². The van der Waals surface area contributed by atoms with Crippen molar-refractivity contribution in [1.82, 2.24) is 0 Å². The number of hydrogen-bond donors (Lipinski definition) is 0. The van der Waals surface area contributed by atoms with Gasteiger partial charge in [0.1, 0.15) is 0 Å². The van der Waals surface area contributed by atoms with E-state index in [1.54, 1.807) is 6.07 Å². The Morgan fingerprint density at radius 3 is 2.75 bits per heavy atom. The first kappa shape index (κ1) is 7.40. The maximum atomic E-state index is 10.9. The topological polar surface area (TPSA) is 33.5 Å². The predicted molar refractivity (Wildman–Crippen MR) is 46.4 cm³/mol. The van der Waals surface area contributed by atoms with Crippen LogP contribution in [0.4, 0.5) is 5.69 Å². The van der Waals surface area contributed by atoms with E-state index in [2.05, 4.69) is 9.32 Å². The van der Waals surface area contributed by atoms with E-state index in [1.807, 2.05) is 6.07 Å². The van der Waals surface area contributed by atoms with Gasteiger partial charge in [-0.15, -0.1) is 0 Å². The summed E-state index contributed by atoms with van der Waals surface area (Å²) in [5.74, 6) is 0. The second-order valence-electron chi connectivity index (χ2n) is 3.00. The van der Waals surface area contributed by atoms with Gasteiger partial charge in [-0.05, 0) is 18.9 Å². The van der Waals surface area contributed by atoms with E-state index in [9.17, 15) is 4.79 Å². The lowest BCUT2D eigenvalue weighted by Gasteiger charge is -2.15. The monoisotopic (exact) mass is 165 g/mol. The van der Waals surface area contributed by atoms with Gasteiger partial charge in [0, 0.05) is 24.8 Å². The molecule has 0 aromatic carbocycles. The molecule has 0 unspecified atom stereocenters. The van der Waals surface area contributed by atoms with E-state index in [0.29, 0.717) is 0 Å². The van der Waals surface area contributed by atoms with Crippen molar-refractivity contribution in [2.24, 2.45) is 0 Å². The van der Waals surface area contributed by atoms with Crippen molar-refractivity contribution < 1.29 is 4.42 Å². The maximum absolute atomic E-state index is 10.9. The van der Waals surface area contributed by atoms with Crippen LogP contribution in [-0.2, 0) is 0 Å². The van der Waals surface area contributed by atoms with E-state index >= 15 is 0 Å². The molecule has 0 N–H and O–H groups in total. The highest BCUT2D eigenvalue weighted by atomic mass is 16.4. The third kappa shape index (κ3) is 1.35. The Kier molecular flexibility index (Phi) is 1.86. The van der Waals surface area contributed by atoms with Gasteiger partial charge in [-0.2, -0.15) is 0 Å². The van der Waals surface area contributed by atoms with Crippen molar-refractivity contribution in [3.63, 3.8) is 0 Å². The largest absolute Gasteiger partial charge is 0.431 e. The summed E-state index contributed by atoms with van der Waals surface area (Å²) in [5.41, 5.74) is 0.725. The summed E-state index contributed by atoms with van der Waals surface area (Å²) < 4.78 is 4.65. The molecule has 1 aliphatic heterocycles. The molecule has 0 radical (unpaired) electrons. The van der Waals surface area contributed by atoms with E-state index in [4.69, 9.17) is 0 Å². The Morgan fingerprint density at radius 2 is 2.08 bits per heavy atom. The van der Waals surface area contributed by atoms with E-state index in [0.717, 1.165) is 18.8 Å². The Balaban J connectivity index is 2.27. The SMILES string of the molecule is O=c1cc(N2CCCC2)cco1. The first-order valence-corrected chi connectivity index (χ1v) is 4.20. The van der Waals surface area contributed by atoms with Gasteiger partial charge in [0.2, 0.25) is 0 Å². The summed E-state index contributed by atoms with van der Waals surface area (Å²) in [7, 11) is 0. The highest BCUT2D eigenvalue weighted by Crippen LogP contribution is 2.17. The molecule has 0 spiro atoms. The van der Waals surface area contributed by atoms with Crippen LogP contribution in [-0.4, -0.2) is 13.1 Å². The van der Waals surface area contributed by atoms with Crippen LogP contribution in [0.5, 0.6) is 0 Å². The number of nitrogens with zero attached hydrogens (tertiary/aromatic N) is 1. The number of anilines is 1. The first-order chi connectivity index (χ1) is 5.86. The van der Waals surface area contributed by atoms with Crippen LogP contribution in [0, 0.1) is 0 Å². The van der Waals surface area contributed by atoms with Crippen molar-refractivity contribution in [3.8, 4) is 0 Å². The van der Waals surface area contributed by atoms with E-state index < -0.39 is 0 Å². The fourth-order valence-corrected chi connectivity index (χ4v) is 1.55. The molecule has 0 saturated carbocycles. The summed E-state index contributed by atoms with van der Waals surface area (Å²) in [6, 6.07) is 3.39. The second kappa shape index (κ2) is 3.01. The molecule has 12 heavy (non-hydrogen) atoms. The highest BCUT2D eigenvalue weighted by Gasteiger charge is 2.12. The Hall–Kier alpha value is -1.25. The van der Waals surface area contributed by atoms with Gasteiger partial charge >= 0.3 is 5.63 Å². The summed E-state index contributed by atoms with van der Waals surface area (Å²) >= 11 is 0. The molecule has 3 heteroatoms. The lowest BCUT2D eigenvalue weighted by molar-refractivity contribution is 0.510. The molecule has 0 amide bonds. The lowest BCUT2D eigenvalue weighted by atomic mass is 10.4. The molecule has 1 fully saturated rings. The van der Waals surface area contributed by atoms with E-state index in [1.165, 1.54) is 19.1 Å². The smallest absolute Gasteiger partial charge is 0.337 e. The third-order valence-electron chi connectivity index (χ3n) is 2.16. The zero-order valence-corrected chi connectivity index (χ0v) is 6.82. The van der Waals surface area contributed by atoms with Crippen molar-refractivity contribution >= 4 is 5.69 Å². The average Bonchev–Trinajstić information content (AvgIpc) is 2.56. The minimum atomic E-state index is -0.264. The Labute approximate surface area is 70.6 Å². The van der Waals surface area contributed by atoms with Crippen LogP contribution in [0.25, 0.3) is 0 Å². The molecular formula is C9H11NO2. The van der Waals surface area contributed by atoms with Crippen LogP contribution < -0.4 is 10.5 Å². The van der Waals surface area contributed by atoms with Crippen LogP contribution in [0.3, 0.4) is 0 Å². The normalized spacial score (nSPS) is 16.8. The quantitative estimate of drug-likeness (QED) is 0.627. The second-order valence-corrected chi connectivity index (χ2v) is 3.00. The lowest BCUT2D eigenvalue weighted by Crippen LogP contribution is -2.18. The van der Waals surface area contributed by atoms with Gasteiger partial charge in [0.15, 0.2) is 0 Å². The molecule has 2 heterocycles. The standard InChI is InChI=1S/C9H11NO2/c11-9-7-8(3-6-12-9)10-4-1-2-5-10/h3,6-7H,1-2,4-5H2. The van der Waals surface area contributed by atoms with Crippen LogP contribution in [0.15, 0.2) is 27.6 Å². The van der Waals surface area contributed by atoms with Gasteiger partial charge in [-0.3, -0.25) is 0 Å². The first-order valence-electron chi connectivity index (χ1n) is 4.20. The molecule has 0 aliphatic carbocycles. The zero-order valence-electron chi connectivity index (χ0n) is 6.82. The van der Waals surface area contributed by atoms with Crippen LogP contribution >= 0.6 is 0 Å². The maximum Gasteiger partial charge on any atom is 0.337 e. The molecule has 64 valence electrons. The molecular weight excluding hydrogens is 154 g/mol. The summed E-state index contributed by atoms with van der Waals surface area (Å²) in [6.45, 7) is 2.12. The van der Waals surface area contributed by atoms with Gasteiger partial charge < -0.3 is 9.32 Å². The molecule has 2 rings (SSSR count). The summed E-state index contributed by atoms with van der Waals surface area (Å²) in [6.07, 6.45) is 3.90. The molecule has 3 nitrogen and oxygen atoms in total. The van der Waals surface area contributed by atoms with E-state index in [-0.39, 0.29) is 5.63 Å². The molecule has 1 saturated heterocycles. The summed E-state index contributed by atoms with van der Waals surface area (Å²) in [5, 5.41) is 0. The van der Waals surface area contributed by atoms with Crippen LogP contribution in [0.2, 0.25) is 0 Å².